The van der Waals surface area contributed by atoms with Gasteiger partial charge in [-0.3, -0.25) is 4.79 Å². The monoisotopic (exact) mass is 506 g/mol. The smallest absolute Gasteiger partial charge is 0.416 e. The maximum Gasteiger partial charge on any atom is 0.416 e. The highest BCUT2D eigenvalue weighted by atomic mass is 19.4. The van der Waals surface area contributed by atoms with E-state index in [0.717, 1.165) is 35.8 Å². The molecule has 0 saturated heterocycles. The van der Waals surface area contributed by atoms with E-state index in [1.54, 1.807) is 29.1 Å². The fourth-order valence-corrected chi connectivity index (χ4v) is 4.83. The Morgan fingerprint density at radius 1 is 1.05 bits per heavy atom. The zero-order chi connectivity index (χ0) is 26.2. The van der Waals surface area contributed by atoms with Crippen LogP contribution in [-0.4, -0.2) is 29.5 Å². The Morgan fingerprint density at radius 3 is 2.57 bits per heavy atom. The quantitative estimate of drug-likeness (QED) is 0.279. The third-order valence-corrected chi connectivity index (χ3v) is 6.62. The molecule has 190 valence electrons. The number of ether oxygens (including phenoxy) is 2. The predicted molar refractivity (Wildman–Crippen MR) is 134 cm³/mol. The van der Waals surface area contributed by atoms with Gasteiger partial charge in [0.05, 0.1) is 36.6 Å². The minimum atomic E-state index is -4.68. The number of rotatable bonds is 5. The SMILES string of the molecule is COC(=O)C(C)c1c(C(F)(F)F)ccc(-n2ccc(-c3ccccc3)n2)c1-c1ccc2c(c1)CCCO2. The van der Waals surface area contributed by atoms with Crippen LogP contribution in [0.2, 0.25) is 0 Å². The van der Waals surface area contributed by atoms with Crippen molar-refractivity contribution in [3.05, 3.63) is 89.6 Å². The van der Waals surface area contributed by atoms with Gasteiger partial charge >= 0.3 is 12.1 Å². The summed E-state index contributed by atoms with van der Waals surface area (Å²) in [6.45, 7) is 2.03. The molecule has 0 fully saturated rings. The predicted octanol–water partition coefficient (Wildman–Crippen LogP) is 6.83. The van der Waals surface area contributed by atoms with E-state index in [1.807, 2.05) is 36.4 Å². The summed E-state index contributed by atoms with van der Waals surface area (Å²) in [7, 11) is 1.17. The molecular formula is C29H25F3N2O3. The number of benzene rings is 3. The lowest BCUT2D eigenvalue weighted by atomic mass is 9.85. The van der Waals surface area contributed by atoms with Gasteiger partial charge in [0, 0.05) is 17.3 Å². The number of methoxy groups -OCH3 is 1. The molecule has 1 atom stereocenters. The van der Waals surface area contributed by atoms with E-state index < -0.39 is 23.6 Å². The number of esters is 1. The lowest BCUT2D eigenvalue weighted by Gasteiger charge is -2.25. The number of hydrogen-bond donors (Lipinski definition) is 0. The van der Waals surface area contributed by atoms with Crippen molar-refractivity contribution in [2.45, 2.75) is 31.9 Å². The standard InChI is InChI=1S/C29H25F3N2O3/c1-18(28(35)36-2)26-22(29(30,31)32)11-12-24(34-15-14-23(33-34)19-7-4-3-5-8-19)27(26)21-10-13-25-20(17-21)9-6-16-37-25/h3-5,7-8,10-15,17-18H,6,9,16H2,1-2H3. The van der Waals surface area contributed by atoms with Gasteiger partial charge in [-0.1, -0.05) is 36.4 Å². The number of hydrogen-bond acceptors (Lipinski definition) is 4. The summed E-state index contributed by atoms with van der Waals surface area (Å²) in [4.78, 5) is 12.6. The zero-order valence-corrected chi connectivity index (χ0v) is 20.4. The van der Waals surface area contributed by atoms with Crippen LogP contribution in [-0.2, 0) is 22.1 Å². The normalized spacial score (nSPS) is 14.0. The number of carbonyl (C=O) groups is 1. The Labute approximate surface area is 212 Å². The van der Waals surface area contributed by atoms with Crippen LogP contribution in [0.1, 0.15) is 36.0 Å². The molecule has 0 spiro atoms. The van der Waals surface area contributed by atoms with Crippen molar-refractivity contribution in [1.82, 2.24) is 9.78 Å². The number of aromatic nitrogens is 2. The first kappa shape index (κ1) is 24.6. The molecule has 0 radical (unpaired) electrons. The molecule has 1 unspecified atom stereocenters. The third kappa shape index (κ3) is 4.71. The maximum atomic E-state index is 14.3. The maximum absolute atomic E-state index is 14.3. The largest absolute Gasteiger partial charge is 0.493 e. The van der Waals surface area contributed by atoms with Crippen LogP contribution < -0.4 is 4.74 Å². The molecule has 0 aliphatic carbocycles. The van der Waals surface area contributed by atoms with Crippen LogP contribution in [0.25, 0.3) is 28.1 Å². The molecule has 1 aromatic heterocycles. The molecule has 8 heteroatoms. The van der Waals surface area contributed by atoms with Crippen LogP contribution in [0.4, 0.5) is 13.2 Å². The fraction of sp³-hybridized carbons (Fsp3) is 0.241. The van der Waals surface area contributed by atoms with Crippen molar-refractivity contribution in [2.75, 3.05) is 13.7 Å². The molecule has 37 heavy (non-hydrogen) atoms. The number of carbonyl (C=O) groups excluding carboxylic acids is 1. The molecule has 1 aliphatic heterocycles. The highest BCUT2D eigenvalue weighted by molar-refractivity contribution is 5.87. The van der Waals surface area contributed by atoms with Gasteiger partial charge in [-0.2, -0.15) is 18.3 Å². The van der Waals surface area contributed by atoms with Crippen molar-refractivity contribution >= 4 is 5.97 Å². The summed E-state index contributed by atoms with van der Waals surface area (Å²) in [5, 5.41) is 4.68. The Kier molecular flexibility index (Phi) is 6.50. The van der Waals surface area contributed by atoms with Gasteiger partial charge in [-0.05, 0) is 66.8 Å². The van der Waals surface area contributed by atoms with E-state index >= 15 is 0 Å². The van der Waals surface area contributed by atoms with Gasteiger partial charge in [-0.25, -0.2) is 4.68 Å². The second-order valence-electron chi connectivity index (χ2n) is 8.95. The summed E-state index contributed by atoms with van der Waals surface area (Å²) in [6, 6.07) is 19.1. The van der Waals surface area contributed by atoms with Gasteiger partial charge in [0.1, 0.15) is 5.75 Å². The molecule has 5 nitrogen and oxygen atoms in total. The first-order valence-corrected chi connectivity index (χ1v) is 12.0. The first-order valence-electron chi connectivity index (χ1n) is 12.0. The lowest BCUT2D eigenvalue weighted by Crippen LogP contribution is -2.19. The Bertz CT molecular complexity index is 1440. The summed E-state index contributed by atoms with van der Waals surface area (Å²) in [6.07, 6.45) is -1.40. The summed E-state index contributed by atoms with van der Waals surface area (Å²) in [5.74, 6) is -1.21. The number of nitrogens with zero attached hydrogens (tertiary/aromatic N) is 2. The van der Waals surface area contributed by atoms with E-state index in [0.29, 0.717) is 23.6 Å². The van der Waals surface area contributed by atoms with Gasteiger partial charge in [-0.15, -0.1) is 0 Å². The van der Waals surface area contributed by atoms with E-state index in [2.05, 4.69) is 5.10 Å². The Hall–Kier alpha value is -4.07. The second kappa shape index (κ2) is 9.76. The van der Waals surface area contributed by atoms with Crippen LogP contribution in [0.5, 0.6) is 5.75 Å². The van der Waals surface area contributed by atoms with Crippen LogP contribution in [0.15, 0.2) is 72.9 Å². The average Bonchev–Trinajstić information content (AvgIpc) is 3.41. The topological polar surface area (TPSA) is 53.4 Å². The summed E-state index contributed by atoms with van der Waals surface area (Å²) in [5.41, 5.74) is 2.69. The molecule has 0 saturated carbocycles. The van der Waals surface area contributed by atoms with Gasteiger partial charge in [0.15, 0.2) is 0 Å². The number of aryl methyl sites for hydroxylation is 1. The molecule has 2 heterocycles. The second-order valence-corrected chi connectivity index (χ2v) is 8.95. The van der Waals surface area contributed by atoms with Gasteiger partial charge in [0.25, 0.3) is 0 Å². The number of alkyl halides is 3. The molecule has 0 bridgehead atoms. The molecule has 5 rings (SSSR count). The molecule has 4 aromatic rings. The Balaban J connectivity index is 1.78. The van der Waals surface area contributed by atoms with Gasteiger partial charge in [0.2, 0.25) is 0 Å². The van der Waals surface area contributed by atoms with Crippen molar-refractivity contribution in [3.63, 3.8) is 0 Å². The lowest BCUT2D eigenvalue weighted by molar-refractivity contribution is -0.143. The van der Waals surface area contributed by atoms with Crippen molar-refractivity contribution in [3.8, 4) is 33.8 Å². The Morgan fingerprint density at radius 2 is 1.84 bits per heavy atom. The van der Waals surface area contributed by atoms with Crippen LogP contribution in [0.3, 0.4) is 0 Å². The molecule has 3 aromatic carbocycles. The number of halogens is 3. The average molecular weight is 507 g/mol. The molecule has 0 N–H and O–H groups in total. The third-order valence-electron chi connectivity index (χ3n) is 6.62. The van der Waals surface area contributed by atoms with E-state index in [-0.39, 0.29) is 11.1 Å². The highest BCUT2D eigenvalue weighted by Gasteiger charge is 2.39. The molecule has 1 aliphatic rings. The minimum absolute atomic E-state index is 0.148. The fourth-order valence-electron chi connectivity index (χ4n) is 4.83. The summed E-state index contributed by atoms with van der Waals surface area (Å²) >= 11 is 0. The molecular weight excluding hydrogens is 481 g/mol. The van der Waals surface area contributed by atoms with E-state index in [4.69, 9.17) is 9.47 Å². The zero-order valence-electron chi connectivity index (χ0n) is 20.4. The molecule has 0 amide bonds. The van der Waals surface area contributed by atoms with Gasteiger partial charge < -0.3 is 9.47 Å². The van der Waals surface area contributed by atoms with Crippen molar-refractivity contribution < 1.29 is 27.4 Å². The van der Waals surface area contributed by atoms with Crippen LogP contribution in [0, 0.1) is 0 Å². The highest BCUT2D eigenvalue weighted by Crippen LogP contribution is 2.44. The van der Waals surface area contributed by atoms with Crippen molar-refractivity contribution in [2.24, 2.45) is 0 Å². The first-order chi connectivity index (χ1) is 17.8. The van der Waals surface area contributed by atoms with E-state index in [1.165, 1.54) is 20.1 Å². The minimum Gasteiger partial charge on any atom is -0.493 e. The van der Waals surface area contributed by atoms with Crippen molar-refractivity contribution in [1.29, 1.82) is 0 Å². The number of fused-ring (bicyclic) bond motifs is 1. The summed E-state index contributed by atoms with van der Waals surface area (Å²) < 4.78 is 55.1. The van der Waals surface area contributed by atoms with Crippen LogP contribution >= 0.6 is 0 Å². The van der Waals surface area contributed by atoms with E-state index in [9.17, 15) is 18.0 Å².